The van der Waals surface area contributed by atoms with Crippen LogP contribution in [0.3, 0.4) is 0 Å². The lowest BCUT2D eigenvalue weighted by molar-refractivity contribution is -0.111. The fourth-order valence-electron chi connectivity index (χ4n) is 5.50. The number of allylic oxidation sites excluding steroid dienone is 2. The smallest absolute Gasteiger partial charge is 0.228 e. The molecule has 2 aromatic carbocycles. The molecule has 2 aliphatic heterocycles. The first kappa shape index (κ1) is 29.6. The summed E-state index contributed by atoms with van der Waals surface area (Å²) in [4.78, 5) is 35.2. The quantitative estimate of drug-likeness (QED) is 0.238. The van der Waals surface area contributed by atoms with Crippen molar-refractivity contribution in [2.45, 2.75) is 12.8 Å². The summed E-state index contributed by atoms with van der Waals surface area (Å²) in [7, 11) is 0. The summed E-state index contributed by atoms with van der Waals surface area (Å²) in [6.45, 7) is 5.68. The van der Waals surface area contributed by atoms with Crippen LogP contribution in [0.25, 0.3) is 12.2 Å². The van der Waals surface area contributed by atoms with Crippen LogP contribution in [0.15, 0.2) is 84.2 Å². The number of hydrogen-bond donors (Lipinski definition) is 0. The van der Waals surface area contributed by atoms with Gasteiger partial charge in [0.1, 0.15) is 11.5 Å². The predicted octanol–water partition coefficient (Wildman–Crippen LogP) is 5.35. The zero-order chi connectivity index (χ0) is 31.1. The van der Waals surface area contributed by atoms with E-state index in [0.717, 1.165) is 48.5 Å². The Morgan fingerprint density at radius 2 is 1.00 bits per heavy atom. The number of hydrogen-bond acceptors (Lipinski definition) is 11. The molecule has 3 aliphatic rings. The first-order valence-electron chi connectivity index (χ1n) is 15.5. The fourth-order valence-corrected chi connectivity index (χ4v) is 5.50. The number of ketones is 1. The van der Waals surface area contributed by atoms with E-state index in [9.17, 15) is 4.79 Å². The number of rotatable bonds is 8. The lowest BCUT2D eigenvalue weighted by atomic mass is 10.1. The molecule has 4 aromatic rings. The molecular formula is C35H34N6O5. The van der Waals surface area contributed by atoms with Gasteiger partial charge in [0.2, 0.25) is 23.7 Å². The van der Waals surface area contributed by atoms with E-state index >= 15 is 0 Å². The minimum atomic E-state index is 0.0777. The largest absolute Gasteiger partial charge is 0.439 e. The molecule has 0 atom stereocenters. The molecule has 46 heavy (non-hydrogen) atoms. The number of anilines is 2. The lowest BCUT2D eigenvalue weighted by Gasteiger charge is -2.26. The van der Waals surface area contributed by atoms with Crippen molar-refractivity contribution in [2.75, 3.05) is 62.4 Å². The molecule has 0 unspecified atom stereocenters. The van der Waals surface area contributed by atoms with Crippen molar-refractivity contribution in [3.63, 3.8) is 0 Å². The fraction of sp³-hybridized carbons (Fsp3) is 0.286. The third-order valence-corrected chi connectivity index (χ3v) is 7.96. The summed E-state index contributed by atoms with van der Waals surface area (Å²) in [6.07, 6.45) is 8.72. The van der Waals surface area contributed by atoms with Gasteiger partial charge in [0, 0.05) is 61.9 Å². The molecule has 234 valence electrons. The number of ether oxygens (including phenoxy) is 4. The van der Waals surface area contributed by atoms with Gasteiger partial charge in [-0.15, -0.1) is 0 Å². The zero-order valence-corrected chi connectivity index (χ0v) is 25.4. The summed E-state index contributed by atoms with van der Waals surface area (Å²) in [5, 5.41) is 0. The summed E-state index contributed by atoms with van der Waals surface area (Å²) in [5.74, 6) is 3.64. The predicted molar refractivity (Wildman–Crippen MR) is 173 cm³/mol. The molecule has 0 bridgehead atoms. The minimum absolute atomic E-state index is 0.0777. The number of carbonyl (C=O) groups is 1. The Labute approximate surface area is 267 Å². The van der Waals surface area contributed by atoms with E-state index in [0.29, 0.717) is 74.4 Å². The molecule has 11 heteroatoms. The van der Waals surface area contributed by atoms with Crippen molar-refractivity contribution in [1.82, 2.24) is 19.9 Å². The van der Waals surface area contributed by atoms with Crippen LogP contribution in [0.2, 0.25) is 0 Å². The summed E-state index contributed by atoms with van der Waals surface area (Å²) in [6, 6.07) is 18.8. The lowest BCUT2D eigenvalue weighted by Crippen LogP contribution is -2.37. The van der Waals surface area contributed by atoms with Gasteiger partial charge in [0.05, 0.1) is 26.4 Å². The van der Waals surface area contributed by atoms with Crippen LogP contribution in [0.1, 0.15) is 24.0 Å². The van der Waals surface area contributed by atoms with Gasteiger partial charge in [-0.05, 0) is 60.4 Å². The van der Waals surface area contributed by atoms with Crippen LogP contribution < -0.4 is 19.3 Å². The van der Waals surface area contributed by atoms with E-state index in [4.69, 9.17) is 18.9 Å². The highest BCUT2D eigenvalue weighted by molar-refractivity contribution is 6.15. The van der Waals surface area contributed by atoms with Gasteiger partial charge in [-0.25, -0.2) is 9.97 Å². The third-order valence-electron chi connectivity index (χ3n) is 7.96. The number of carbonyl (C=O) groups excluding carboxylic acids is 1. The van der Waals surface area contributed by atoms with Crippen LogP contribution in [0.4, 0.5) is 11.9 Å². The average molecular weight is 619 g/mol. The Bertz CT molecular complexity index is 1600. The highest BCUT2D eigenvalue weighted by atomic mass is 16.5. The highest BCUT2D eigenvalue weighted by Gasteiger charge is 2.23. The minimum Gasteiger partial charge on any atom is -0.439 e. The Balaban J connectivity index is 0.956. The molecule has 4 heterocycles. The van der Waals surface area contributed by atoms with Crippen LogP contribution in [-0.4, -0.2) is 78.3 Å². The third kappa shape index (κ3) is 7.22. The SMILES string of the molecule is O=C1/C(=C/c2ccc(Oc3ccnc(N4CCOCC4)n3)cc2)CC/C1=C\c1ccc(Oc2ccnc(N3CCOCC3)n2)cc1. The van der Waals surface area contributed by atoms with Crippen molar-refractivity contribution >= 4 is 29.8 Å². The van der Waals surface area contributed by atoms with Crippen LogP contribution in [-0.2, 0) is 14.3 Å². The Morgan fingerprint density at radius 1 is 0.587 bits per heavy atom. The summed E-state index contributed by atoms with van der Waals surface area (Å²) < 4.78 is 22.8. The van der Waals surface area contributed by atoms with E-state index in [1.807, 2.05) is 60.7 Å². The molecule has 2 aromatic heterocycles. The molecule has 0 spiro atoms. The van der Waals surface area contributed by atoms with E-state index in [2.05, 4.69) is 29.7 Å². The molecule has 7 rings (SSSR count). The first-order chi connectivity index (χ1) is 22.7. The van der Waals surface area contributed by atoms with Crippen LogP contribution >= 0.6 is 0 Å². The van der Waals surface area contributed by atoms with Crippen LogP contribution in [0, 0.1) is 0 Å². The molecule has 0 amide bonds. The normalized spacial score (nSPS) is 18.7. The Hall–Kier alpha value is -5.13. The topological polar surface area (TPSA) is 112 Å². The second-order valence-corrected chi connectivity index (χ2v) is 11.1. The van der Waals surface area contributed by atoms with E-state index < -0.39 is 0 Å². The standard InChI is InChI=1S/C35H34N6O5/c42-33-27(23-25-1-7-29(8-2-25)45-31-11-13-36-34(38-31)40-15-19-43-20-16-40)5-6-28(33)24-26-3-9-30(10-4-26)46-32-12-14-37-35(39-32)41-17-21-44-22-18-41/h1-4,7-14,23-24H,5-6,15-22H2/b27-23+,28-24+. The van der Waals surface area contributed by atoms with Crippen molar-refractivity contribution in [2.24, 2.45) is 0 Å². The number of nitrogens with zero attached hydrogens (tertiary/aromatic N) is 6. The number of morpholine rings is 2. The van der Waals surface area contributed by atoms with Crippen molar-refractivity contribution in [3.05, 3.63) is 95.3 Å². The molecule has 2 saturated heterocycles. The monoisotopic (exact) mass is 618 g/mol. The van der Waals surface area contributed by atoms with E-state index in [-0.39, 0.29) is 5.78 Å². The number of benzene rings is 2. The maximum atomic E-state index is 13.2. The van der Waals surface area contributed by atoms with Gasteiger partial charge in [-0.1, -0.05) is 24.3 Å². The van der Waals surface area contributed by atoms with Gasteiger partial charge in [0.25, 0.3) is 0 Å². The Kier molecular flexibility index (Phi) is 8.93. The van der Waals surface area contributed by atoms with Gasteiger partial charge in [-0.2, -0.15) is 9.97 Å². The van der Waals surface area contributed by atoms with Crippen LogP contribution in [0.5, 0.6) is 23.3 Å². The second-order valence-electron chi connectivity index (χ2n) is 11.1. The van der Waals surface area contributed by atoms with E-state index in [1.54, 1.807) is 24.5 Å². The average Bonchev–Trinajstić information content (AvgIpc) is 3.45. The van der Waals surface area contributed by atoms with Gasteiger partial charge in [0.15, 0.2) is 5.78 Å². The molecule has 3 fully saturated rings. The Morgan fingerprint density at radius 3 is 1.41 bits per heavy atom. The molecule has 11 nitrogen and oxygen atoms in total. The van der Waals surface area contributed by atoms with Gasteiger partial charge >= 0.3 is 0 Å². The highest BCUT2D eigenvalue weighted by Crippen LogP contribution is 2.31. The van der Waals surface area contributed by atoms with Gasteiger partial charge in [-0.3, -0.25) is 4.79 Å². The molecule has 0 N–H and O–H groups in total. The van der Waals surface area contributed by atoms with Crippen molar-refractivity contribution in [1.29, 1.82) is 0 Å². The van der Waals surface area contributed by atoms with Crippen molar-refractivity contribution < 1.29 is 23.7 Å². The van der Waals surface area contributed by atoms with E-state index in [1.165, 1.54) is 0 Å². The van der Waals surface area contributed by atoms with Gasteiger partial charge < -0.3 is 28.7 Å². The molecular weight excluding hydrogens is 584 g/mol. The molecule has 1 saturated carbocycles. The number of Topliss-reactive ketones (excluding diaryl/α,β-unsaturated/α-hetero) is 1. The zero-order valence-electron chi connectivity index (χ0n) is 25.4. The second kappa shape index (κ2) is 13.9. The van der Waals surface area contributed by atoms with Crippen molar-refractivity contribution in [3.8, 4) is 23.3 Å². The first-order valence-corrected chi connectivity index (χ1v) is 15.5. The molecule has 0 radical (unpaired) electrons. The summed E-state index contributed by atoms with van der Waals surface area (Å²) in [5.41, 5.74) is 3.48. The molecule has 1 aliphatic carbocycles. The summed E-state index contributed by atoms with van der Waals surface area (Å²) >= 11 is 0. The number of aromatic nitrogens is 4. The maximum absolute atomic E-state index is 13.2. The maximum Gasteiger partial charge on any atom is 0.228 e.